The number of ether oxygens (including phenoxy) is 1. The molecule has 2 nitrogen and oxygen atoms in total. The van der Waals surface area contributed by atoms with Gasteiger partial charge < -0.3 is 10.1 Å². The van der Waals surface area contributed by atoms with Crippen LogP contribution in [0.2, 0.25) is 0 Å². The number of benzene rings is 1. The second kappa shape index (κ2) is 5.59. The first-order chi connectivity index (χ1) is 9.24. The molecule has 4 atom stereocenters. The molecule has 1 saturated carbocycles. The van der Waals surface area contributed by atoms with Crippen LogP contribution in [-0.2, 0) is 4.74 Å². The molecule has 1 aliphatic heterocycles. The first kappa shape index (κ1) is 13.1. The van der Waals surface area contributed by atoms with Crippen LogP contribution in [0.15, 0.2) is 24.3 Å². The van der Waals surface area contributed by atoms with Crippen molar-refractivity contribution in [1.82, 2.24) is 5.32 Å². The van der Waals surface area contributed by atoms with Crippen LogP contribution in [0.25, 0.3) is 0 Å². The van der Waals surface area contributed by atoms with Crippen molar-refractivity contribution in [2.24, 2.45) is 5.92 Å². The molecule has 0 spiro atoms. The van der Waals surface area contributed by atoms with E-state index >= 15 is 0 Å². The molecule has 1 aromatic carbocycles. The Morgan fingerprint density at radius 1 is 1.26 bits per heavy atom. The number of rotatable bonds is 1. The number of nitrogens with one attached hydrogen (secondary N) is 1. The lowest BCUT2D eigenvalue weighted by Gasteiger charge is -2.30. The van der Waals surface area contributed by atoms with Crippen LogP contribution in [0.5, 0.6) is 0 Å². The number of hydrogen-bond donors (Lipinski definition) is 1. The van der Waals surface area contributed by atoms with Gasteiger partial charge in [0.2, 0.25) is 0 Å². The fourth-order valence-corrected chi connectivity index (χ4v) is 3.49. The molecule has 1 heterocycles. The Hall–Kier alpha value is -0.930. The van der Waals surface area contributed by atoms with Crippen molar-refractivity contribution in [3.8, 4) is 0 Å². The molecule has 1 N–H and O–H groups in total. The third-order valence-corrected chi connectivity index (χ3v) is 4.51. The predicted octanol–water partition coefficient (Wildman–Crippen LogP) is 3.43. The van der Waals surface area contributed by atoms with E-state index in [2.05, 4.69) is 12.2 Å². The molecule has 3 heteroatoms. The summed E-state index contributed by atoms with van der Waals surface area (Å²) in [5, 5.41) is 3.70. The van der Waals surface area contributed by atoms with Gasteiger partial charge in [-0.15, -0.1) is 0 Å². The lowest BCUT2D eigenvalue weighted by atomic mass is 9.85. The fraction of sp³-hybridized carbons (Fsp3) is 0.625. The molecule has 1 aromatic rings. The van der Waals surface area contributed by atoms with Crippen LogP contribution in [-0.4, -0.2) is 18.7 Å². The van der Waals surface area contributed by atoms with Crippen molar-refractivity contribution in [1.29, 1.82) is 0 Å². The van der Waals surface area contributed by atoms with Crippen LogP contribution in [0, 0.1) is 11.7 Å². The molecular weight excluding hydrogens is 241 g/mol. The molecule has 104 valence electrons. The van der Waals surface area contributed by atoms with Crippen LogP contribution in [0.3, 0.4) is 0 Å². The highest BCUT2D eigenvalue weighted by atomic mass is 19.1. The van der Waals surface area contributed by atoms with E-state index in [0.29, 0.717) is 12.0 Å². The summed E-state index contributed by atoms with van der Waals surface area (Å²) >= 11 is 0. The van der Waals surface area contributed by atoms with E-state index in [4.69, 9.17) is 4.74 Å². The predicted molar refractivity (Wildman–Crippen MR) is 73.4 cm³/mol. The Labute approximate surface area is 114 Å². The first-order valence-corrected chi connectivity index (χ1v) is 7.37. The zero-order chi connectivity index (χ0) is 13.2. The lowest BCUT2D eigenvalue weighted by Crippen LogP contribution is -2.43. The molecule has 0 amide bonds. The second-order valence-electron chi connectivity index (χ2n) is 5.92. The average Bonchev–Trinajstić information content (AvgIpc) is 2.57. The fourth-order valence-electron chi connectivity index (χ4n) is 3.49. The SMILES string of the molecule is CC1NC2CCCCC2COC1c1cccc(F)c1. The molecule has 19 heavy (non-hydrogen) atoms. The van der Waals surface area contributed by atoms with E-state index in [1.165, 1.54) is 31.7 Å². The maximum absolute atomic E-state index is 13.4. The minimum absolute atomic E-state index is 0.0405. The van der Waals surface area contributed by atoms with Gasteiger partial charge in [0.05, 0.1) is 12.7 Å². The molecule has 0 aromatic heterocycles. The minimum atomic E-state index is -0.185. The normalized spacial score (nSPS) is 35.5. The zero-order valence-corrected chi connectivity index (χ0v) is 11.4. The summed E-state index contributed by atoms with van der Waals surface area (Å²) in [5.41, 5.74) is 0.943. The van der Waals surface area contributed by atoms with Gasteiger partial charge in [-0.2, -0.15) is 0 Å². The van der Waals surface area contributed by atoms with E-state index in [1.807, 2.05) is 6.07 Å². The summed E-state index contributed by atoms with van der Waals surface area (Å²) in [4.78, 5) is 0. The van der Waals surface area contributed by atoms with Crippen molar-refractivity contribution in [2.75, 3.05) is 6.61 Å². The largest absolute Gasteiger partial charge is 0.372 e. The zero-order valence-electron chi connectivity index (χ0n) is 11.4. The van der Waals surface area contributed by atoms with Crippen LogP contribution in [0.1, 0.15) is 44.3 Å². The maximum Gasteiger partial charge on any atom is 0.123 e. The Kier molecular flexibility index (Phi) is 3.85. The summed E-state index contributed by atoms with van der Waals surface area (Å²) in [7, 11) is 0. The smallest absolute Gasteiger partial charge is 0.123 e. The Bertz CT molecular complexity index is 437. The van der Waals surface area contributed by atoms with Gasteiger partial charge in [-0.05, 0) is 43.4 Å². The molecule has 2 fully saturated rings. The molecule has 0 bridgehead atoms. The lowest BCUT2D eigenvalue weighted by molar-refractivity contribution is 0.0261. The molecule has 3 rings (SSSR count). The van der Waals surface area contributed by atoms with Crippen molar-refractivity contribution in [2.45, 2.75) is 50.8 Å². The van der Waals surface area contributed by atoms with Crippen LogP contribution < -0.4 is 5.32 Å². The third-order valence-electron chi connectivity index (χ3n) is 4.51. The number of fused-ring (bicyclic) bond motifs is 1. The highest BCUT2D eigenvalue weighted by Gasteiger charge is 2.33. The summed E-state index contributed by atoms with van der Waals surface area (Å²) < 4.78 is 19.5. The second-order valence-corrected chi connectivity index (χ2v) is 5.92. The van der Waals surface area contributed by atoms with Crippen molar-refractivity contribution < 1.29 is 9.13 Å². The number of hydrogen-bond acceptors (Lipinski definition) is 2. The van der Waals surface area contributed by atoms with Crippen LogP contribution >= 0.6 is 0 Å². The molecule has 4 unspecified atom stereocenters. The average molecular weight is 263 g/mol. The van der Waals surface area contributed by atoms with E-state index in [0.717, 1.165) is 12.2 Å². The van der Waals surface area contributed by atoms with E-state index in [-0.39, 0.29) is 18.0 Å². The van der Waals surface area contributed by atoms with E-state index < -0.39 is 0 Å². The van der Waals surface area contributed by atoms with Gasteiger partial charge in [-0.3, -0.25) is 0 Å². The third kappa shape index (κ3) is 2.82. The van der Waals surface area contributed by atoms with E-state index in [9.17, 15) is 4.39 Å². The molecule has 1 aliphatic carbocycles. The van der Waals surface area contributed by atoms with E-state index in [1.54, 1.807) is 12.1 Å². The van der Waals surface area contributed by atoms with Gasteiger partial charge in [-0.1, -0.05) is 25.0 Å². The number of halogens is 1. The topological polar surface area (TPSA) is 21.3 Å². The summed E-state index contributed by atoms with van der Waals surface area (Å²) in [6.07, 6.45) is 5.08. The quantitative estimate of drug-likeness (QED) is 0.838. The minimum Gasteiger partial charge on any atom is -0.372 e. The summed E-state index contributed by atoms with van der Waals surface area (Å²) in [6.45, 7) is 2.94. The van der Waals surface area contributed by atoms with Crippen molar-refractivity contribution in [3.63, 3.8) is 0 Å². The summed E-state index contributed by atoms with van der Waals surface area (Å²) in [5.74, 6) is 0.435. The highest BCUT2D eigenvalue weighted by molar-refractivity contribution is 5.20. The maximum atomic E-state index is 13.4. The van der Waals surface area contributed by atoms with Gasteiger partial charge in [0.25, 0.3) is 0 Å². The monoisotopic (exact) mass is 263 g/mol. The van der Waals surface area contributed by atoms with Crippen molar-refractivity contribution in [3.05, 3.63) is 35.6 Å². The molecular formula is C16H22FNO. The Balaban J connectivity index is 1.79. The highest BCUT2D eigenvalue weighted by Crippen LogP contribution is 2.32. The van der Waals surface area contributed by atoms with Gasteiger partial charge >= 0.3 is 0 Å². The van der Waals surface area contributed by atoms with Gasteiger partial charge in [0.1, 0.15) is 5.82 Å². The Morgan fingerprint density at radius 2 is 2.11 bits per heavy atom. The summed E-state index contributed by atoms with van der Waals surface area (Å²) in [6, 6.07) is 7.60. The van der Waals surface area contributed by atoms with Crippen molar-refractivity contribution >= 4 is 0 Å². The van der Waals surface area contributed by atoms with Gasteiger partial charge in [-0.25, -0.2) is 4.39 Å². The van der Waals surface area contributed by atoms with Crippen LogP contribution in [0.4, 0.5) is 4.39 Å². The van der Waals surface area contributed by atoms with Gasteiger partial charge in [0.15, 0.2) is 0 Å². The Morgan fingerprint density at radius 3 is 2.95 bits per heavy atom. The molecule has 2 aliphatic rings. The standard InChI is InChI=1S/C16H22FNO/c1-11-16(12-6-4-7-14(17)9-12)19-10-13-5-2-3-8-15(13)18-11/h4,6-7,9,11,13,15-16,18H,2-3,5,8,10H2,1H3. The van der Waals surface area contributed by atoms with Gasteiger partial charge in [0, 0.05) is 12.1 Å². The molecule has 1 saturated heterocycles. The first-order valence-electron chi connectivity index (χ1n) is 7.37. The molecule has 0 radical (unpaired) electrons.